The largest absolute Gasteiger partial charge is 0.417 e. The molecule has 0 aliphatic rings. The van der Waals surface area contributed by atoms with Crippen LogP contribution < -0.4 is 5.56 Å². The van der Waals surface area contributed by atoms with Gasteiger partial charge in [0, 0.05) is 16.5 Å². The average molecular weight is 623 g/mol. The molecule has 1 aromatic heterocycles. The Morgan fingerprint density at radius 1 is 0.837 bits per heavy atom. The molecule has 0 spiro atoms. The number of thioether (sulfide) groups is 1. The van der Waals surface area contributed by atoms with Gasteiger partial charge in [-0.15, -0.1) is 11.8 Å². The lowest BCUT2D eigenvalue weighted by molar-refractivity contribution is -0.138. The van der Waals surface area contributed by atoms with Gasteiger partial charge in [0.15, 0.2) is 0 Å². The molecule has 3 aromatic carbocycles. The van der Waals surface area contributed by atoms with Crippen molar-refractivity contribution in [3.8, 4) is 28.5 Å². The molecule has 43 heavy (non-hydrogen) atoms. The number of nitriles is 1. The van der Waals surface area contributed by atoms with E-state index in [9.17, 15) is 45.2 Å². The molecule has 4 aromatic rings. The summed E-state index contributed by atoms with van der Waals surface area (Å²) in [6, 6.07) is 13.4. The van der Waals surface area contributed by atoms with Gasteiger partial charge in [0.2, 0.25) is 0 Å². The topological polar surface area (TPSA) is 45.8 Å². The monoisotopic (exact) mass is 622 g/mol. The first-order chi connectivity index (χ1) is 20.2. The van der Waals surface area contributed by atoms with E-state index in [0.29, 0.717) is 28.3 Å². The summed E-state index contributed by atoms with van der Waals surface area (Å²) in [6.07, 6.45) is -8.02. The van der Waals surface area contributed by atoms with Gasteiger partial charge < -0.3 is 4.57 Å². The Balaban J connectivity index is 1.85. The number of halogens is 8. The average Bonchev–Trinajstić information content (AvgIpc) is 2.94. The molecule has 224 valence electrons. The molecule has 0 saturated carbocycles. The summed E-state index contributed by atoms with van der Waals surface area (Å²) in [5.41, 5.74) is -4.85. The van der Waals surface area contributed by atoms with Gasteiger partial charge in [-0.25, -0.2) is 8.78 Å². The van der Waals surface area contributed by atoms with Gasteiger partial charge in [-0.2, -0.15) is 31.6 Å². The number of hydrogen-bond donors (Lipinski definition) is 0. The molecule has 0 unspecified atom stereocenters. The number of aromatic nitrogens is 1. The Morgan fingerprint density at radius 3 is 2.09 bits per heavy atom. The van der Waals surface area contributed by atoms with Crippen LogP contribution in [0.25, 0.3) is 22.4 Å². The maximum absolute atomic E-state index is 14.5. The number of hydrogen-bond acceptors (Lipinski definition) is 3. The zero-order chi connectivity index (χ0) is 31.5. The molecule has 0 aliphatic heterocycles. The van der Waals surface area contributed by atoms with Crippen molar-refractivity contribution in [3.05, 3.63) is 111 Å². The summed E-state index contributed by atoms with van der Waals surface area (Å²) in [5.74, 6) is -1.34. The van der Waals surface area contributed by atoms with E-state index < -0.39 is 52.8 Å². The van der Waals surface area contributed by atoms with Gasteiger partial charge in [0.25, 0.3) is 5.56 Å². The van der Waals surface area contributed by atoms with Crippen molar-refractivity contribution in [1.82, 2.24) is 4.57 Å². The highest BCUT2D eigenvalue weighted by Gasteiger charge is 2.37. The standard InChI is InChI=1S/C31H22F8N2OS/c1-2-3-10-43-24-12-21(11-22(13-24)30(34,35)36)18-4-6-19(7-5-18)28-15-26(31(37,38)39)25(16-40)29(42)41(28)17-20-8-9-23(32)14-27(20)33/h4-9,11-15H,2-3,10,17H2,1H3. The molecule has 0 aliphatic carbocycles. The quantitative estimate of drug-likeness (QED) is 0.112. The van der Waals surface area contributed by atoms with Crippen LogP contribution in [0, 0.1) is 23.0 Å². The van der Waals surface area contributed by atoms with Crippen molar-refractivity contribution in [2.45, 2.75) is 43.6 Å². The molecule has 0 saturated heterocycles. The molecule has 4 rings (SSSR count). The van der Waals surface area contributed by atoms with E-state index in [0.717, 1.165) is 41.7 Å². The second kappa shape index (κ2) is 12.6. The van der Waals surface area contributed by atoms with Crippen molar-refractivity contribution in [3.63, 3.8) is 0 Å². The summed E-state index contributed by atoms with van der Waals surface area (Å²) in [7, 11) is 0. The van der Waals surface area contributed by atoms with Gasteiger partial charge in [-0.3, -0.25) is 4.79 Å². The molecule has 0 radical (unpaired) electrons. The molecule has 1 heterocycles. The highest BCUT2D eigenvalue weighted by atomic mass is 32.2. The minimum absolute atomic E-state index is 0.0443. The zero-order valence-corrected chi connectivity index (χ0v) is 23.2. The predicted molar refractivity (Wildman–Crippen MR) is 147 cm³/mol. The highest BCUT2D eigenvalue weighted by Crippen LogP contribution is 2.38. The fourth-order valence-electron chi connectivity index (χ4n) is 4.37. The first kappa shape index (κ1) is 31.8. The van der Waals surface area contributed by atoms with Crippen molar-refractivity contribution in [1.29, 1.82) is 5.26 Å². The van der Waals surface area contributed by atoms with Gasteiger partial charge in [-0.05, 0) is 59.2 Å². The van der Waals surface area contributed by atoms with E-state index in [1.807, 2.05) is 6.92 Å². The van der Waals surface area contributed by atoms with Crippen LogP contribution in [0.1, 0.15) is 42.0 Å². The second-order valence-corrected chi connectivity index (χ2v) is 10.7. The number of unbranched alkanes of at least 4 members (excludes halogenated alkanes) is 1. The summed E-state index contributed by atoms with van der Waals surface area (Å²) in [6.45, 7) is 1.34. The summed E-state index contributed by atoms with van der Waals surface area (Å²) in [5, 5.41) is 9.37. The number of pyridine rings is 1. The zero-order valence-electron chi connectivity index (χ0n) is 22.4. The first-order valence-electron chi connectivity index (χ1n) is 12.9. The summed E-state index contributed by atoms with van der Waals surface area (Å²) in [4.78, 5) is 13.5. The van der Waals surface area contributed by atoms with Crippen LogP contribution in [0.2, 0.25) is 0 Å². The van der Waals surface area contributed by atoms with Gasteiger partial charge in [0.1, 0.15) is 23.3 Å². The van der Waals surface area contributed by atoms with E-state index in [2.05, 4.69) is 0 Å². The van der Waals surface area contributed by atoms with Gasteiger partial charge in [-0.1, -0.05) is 43.7 Å². The van der Waals surface area contributed by atoms with Crippen LogP contribution in [-0.4, -0.2) is 10.3 Å². The van der Waals surface area contributed by atoms with Crippen LogP contribution in [0.3, 0.4) is 0 Å². The van der Waals surface area contributed by atoms with E-state index in [4.69, 9.17) is 0 Å². The van der Waals surface area contributed by atoms with Crippen LogP contribution in [0.4, 0.5) is 35.1 Å². The smallest absolute Gasteiger partial charge is 0.303 e. The fourth-order valence-corrected chi connectivity index (χ4v) is 5.46. The van der Waals surface area contributed by atoms with E-state index in [-0.39, 0.29) is 22.4 Å². The molecule has 0 N–H and O–H groups in total. The van der Waals surface area contributed by atoms with Crippen molar-refractivity contribution < 1.29 is 35.1 Å². The number of alkyl halides is 6. The van der Waals surface area contributed by atoms with Crippen molar-refractivity contribution in [2.24, 2.45) is 0 Å². The molecule has 0 amide bonds. The van der Waals surface area contributed by atoms with E-state index >= 15 is 0 Å². The lowest BCUT2D eigenvalue weighted by Gasteiger charge is -2.18. The van der Waals surface area contributed by atoms with Crippen molar-refractivity contribution in [2.75, 3.05) is 5.75 Å². The molecular weight excluding hydrogens is 600 g/mol. The van der Waals surface area contributed by atoms with Crippen LogP contribution in [-0.2, 0) is 18.9 Å². The molecule has 0 fully saturated rings. The summed E-state index contributed by atoms with van der Waals surface area (Å²) < 4.78 is 111. The number of nitrogens with zero attached hydrogens (tertiary/aromatic N) is 2. The Labute approximate surface area is 245 Å². The minimum Gasteiger partial charge on any atom is -0.303 e. The first-order valence-corrected chi connectivity index (χ1v) is 13.9. The predicted octanol–water partition coefficient (Wildman–Crippen LogP) is 9.31. The lowest BCUT2D eigenvalue weighted by atomic mass is 9.99. The van der Waals surface area contributed by atoms with Gasteiger partial charge >= 0.3 is 12.4 Å². The molecule has 12 heteroatoms. The molecule has 0 atom stereocenters. The second-order valence-electron chi connectivity index (χ2n) is 9.58. The molecule has 0 bridgehead atoms. The maximum atomic E-state index is 14.5. The van der Waals surface area contributed by atoms with Crippen molar-refractivity contribution >= 4 is 11.8 Å². The summed E-state index contributed by atoms with van der Waals surface area (Å²) >= 11 is 1.27. The van der Waals surface area contributed by atoms with Crippen LogP contribution >= 0.6 is 11.8 Å². The fraction of sp³-hybridized carbons (Fsp3) is 0.226. The third kappa shape index (κ3) is 7.28. The number of rotatable bonds is 8. The normalized spacial score (nSPS) is 11.9. The Morgan fingerprint density at radius 2 is 1.51 bits per heavy atom. The Hall–Kier alpha value is -4.11. The van der Waals surface area contributed by atoms with Crippen LogP contribution in [0.15, 0.2) is 76.4 Å². The molecular formula is C31H22F8N2OS. The van der Waals surface area contributed by atoms with E-state index in [1.54, 1.807) is 6.07 Å². The molecule has 3 nitrogen and oxygen atoms in total. The Bertz CT molecular complexity index is 1740. The Kier molecular flexibility index (Phi) is 9.35. The van der Waals surface area contributed by atoms with E-state index in [1.165, 1.54) is 42.1 Å². The third-order valence-electron chi connectivity index (χ3n) is 6.58. The highest BCUT2D eigenvalue weighted by molar-refractivity contribution is 7.99. The SMILES string of the molecule is CCCCSc1cc(-c2ccc(-c3cc(C(F)(F)F)c(C#N)c(=O)n3Cc3ccc(F)cc3F)cc2)cc(C(F)(F)F)c1. The minimum atomic E-state index is -5.08. The van der Waals surface area contributed by atoms with Gasteiger partial charge in [0.05, 0.1) is 23.4 Å². The van der Waals surface area contributed by atoms with Crippen LogP contribution in [0.5, 0.6) is 0 Å². The number of benzene rings is 3. The lowest BCUT2D eigenvalue weighted by Crippen LogP contribution is -2.29. The maximum Gasteiger partial charge on any atom is 0.417 e. The third-order valence-corrected chi connectivity index (χ3v) is 7.64.